The quantitative estimate of drug-likeness (QED) is 0.312. The fourth-order valence-corrected chi connectivity index (χ4v) is 4.28. The van der Waals surface area contributed by atoms with Crippen LogP contribution in [0.5, 0.6) is 5.75 Å². The summed E-state index contributed by atoms with van der Waals surface area (Å²) in [7, 11) is 1.59. The number of nitrogens with zero attached hydrogens (tertiary/aromatic N) is 1. The molecule has 0 spiro atoms. The summed E-state index contributed by atoms with van der Waals surface area (Å²) in [5.74, 6) is -0.478. The summed E-state index contributed by atoms with van der Waals surface area (Å²) in [5, 5.41) is 11.3. The van der Waals surface area contributed by atoms with Crippen LogP contribution in [0.15, 0.2) is 64.8 Å². The van der Waals surface area contributed by atoms with Crippen LogP contribution < -0.4 is 9.64 Å². The molecule has 1 saturated heterocycles. The van der Waals surface area contributed by atoms with Gasteiger partial charge in [-0.15, -0.1) is 0 Å². The Hall–Kier alpha value is -3.80. The minimum atomic E-state index is -0.884. The molecule has 0 aliphatic carbocycles. The van der Waals surface area contributed by atoms with Crippen molar-refractivity contribution in [2.75, 3.05) is 12.0 Å². The fraction of sp³-hybridized carbons (Fsp3) is 0.259. The van der Waals surface area contributed by atoms with Crippen LogP contribution in [0.4, 0.5) is 5.69 Å². The van der Waals surface area contributed by atoms with Crippen molar-refractivity contribution in [1.82, 2.24) is 0 Å². The second-order valence-electron chi connectivity index (χ2n) is 8.51. The van der Waals surface area contributed by atoms with E-state index in [2.05, 4.69) is 0 Å². The lowest BCUT2D eigenvalue weighted by Gasteiger charge is -2.25. The number of Topliss-reactive ketones (excluding diaryl/α,β-unsaturated/α-hetero) is 1. The number of ether oxygens (including phenoxy) is 1. The molecule has 2 heterocycles. The Bertz CT molecular complexity index is 1250. The van der Waals surface area contributed by atoms with E-state index in [0.717, 1.165) is 16.7 Å². The Kier molecular flexibility index (Phi) is 5.85. The number of carbonyl (C=O) groups is 2. The SMILES string of the molecule is COc1ccc(/C(O)=C2/C(=O)C(=O)N(c3cccc(C)c3C)C2c2ccco2)cc1C(C)C. The average molecular weight is 446 g/mol. The predicted molar refractivity (Wildman–Crippen MR) is 126 cm³/mol. The summed E-state index contributed by atoms with van der Waals surface area (Å²) in [6, 6.07) is 13.3. The maximum absolute atomic E-state index is 13.3. The first-order valence-corrected chi connectivity index (χ1v) is 10.8. The smallest absolute Gasteiger partial charge is 0.300 e. The molecule has 1 aliphatic heterocycles. The zero-order valence-electron chi connectivity index (χ0n) is 19.4. The number of amides is 1. The number of anilines is 1. The van der Waals surface area contributed by atoms with Crippen molar-refractivity contribution in [1.29, 1.82) is 0 Å². The highest BCUT2D eigenvalue weighted by molar-refractivity contribution is 6.51. The maximum atomic E-state index is 13.3. The lowest BCUT2D eigenvalue weighted by molar-refractivity contribution is -0.132. The highest BCUT2D eigenvalue weighted by Crippen LogP contribution is 2.44. The third kappa shape index (κ3) is 3.71. The van der Waals surface area contributed by atoms with Gasteiger partial charge in [-0.1, -0.05) is 26.0 Å². The van der Waals surface area contributed by atoms with Crippen molar-refractivity contribution in [2.24, 2.45) is 0 Å². The second kappa shape index (κ2) is 8.62. The van der Waals surface area contributed by atoms with Crippen LogP contribution in [0, 0.1) is 13.8 Å². The molecule has 6 nitrogen and oxygen atoms in total. The Labute approximate surface area is 193 Å². The van der Waals surface area contributed by atoms with Gasteiger partial charge >= 0.3 is 0 Å². The first-order chi connectivity index (χ1) is 15.8. The molecule has 1 unspecified atom stereocenters. The fourth-order valence-electron chi connectivity index (χ4n) is 4.28. The summed E-state index contributed by atoms with van der Waals surface area (Å²) in [6.45, 7) is 7.89. The minimum absolute atomic E-state index is 0.00395. The Morgan fingerprint density at radius 3 is 2.48 bits per heavy atom. The Balaban J connectivity index is 1.95. The van der Waals surface area contributed by atoms with Crippen LogP contribution >= 0.6 is 0 Å². The third-order valence-corrected chi connectivity index (χ3v) is 6.22. The normalized spacial score (nSPS) is 17.8. The summed E-state index contributed by atoms with van der Waals surface area (Å²) in [5.41, 5.74) is 3.80. The largest absolute Gasteiger partial charge is 0.507 e. The van der Waals surface area contributed by atoms with Gasteiger partial charge in [0.1, 0.15) is 23.3 Å². The van der Waals surface area contributed by atoms with Crippen molar-refractivity contribution in [2.45, 2.75) is 39.7 Å². The zero-order chi connectivity index (χ0) is 23.9. The van der Waals surface area contributed by atoms with Crippen molar-refractivity contribution in [3.05, 3.63) is 88.4 Å². The Morgan fingerprint density at radius 1 is 1.09 bits per heavy atom. The van der Waals surface area contributed by atoms with Crippen LogP contribution in [-0.2, 0) is 9.59 Å². The highest BCUT2D eigenvalue weighted by atomic mass is 16.5. The second-order valence-corrected chi connectivity index (χ2v) is 8.51. The number of carbonyl (C=O) groups excluding carboxylic acids is 2. The van der Waals surface area contributed by atoms with Gasteiger partial charge in [0, 0.05) is 11.3 Å². The van der Waals surface area contributed by atoms with E-state index in [1.807, 2.05) is 39.8 Å². The van der Waals surface area contributed by atoms with Crippen LogP contribution in [-0.4, -0.2) is 23.9 Å². The summed E-state index contributed by atoms with van der Waals surface area (Å²) in [6.07, 6.45) is 1.49. The molecular formula is C27H27NO5. The van der Waals surface area contributed by atoms with Gasteiger partial charge in [0.05, 0.1) is 18.9 Å². The zero-order valence-corrected chi connectivity index (χ0v) is 19.4. The van der Waals surface area contributed by atoms with Gasteiger partial charge in [0.25, 0.3) is 11.7 Å². The molecule has 1 aliphatic rings. The van der Waals surface area contributed by atoms with Crippen LogP contribution in [0.2, 0.25) is 0 Å². The van der Waals surface area contributed by atoms with E-state index in [4.69, 9.17) is 9.15 Å². The van der Waals surface area contributed by atoms with Gasteiger partial charge in [-0.2, -0.15) is 0 Å². The van der Waals surface area contributed by atoms with Crippen molar-refractivity contribution >= 4 is 23.1 Å². The van der Waals surface area contributed by atoms with E-state index in [9.17, 15) is 14.7 Å². The molecule has 3 aromatic rings. The van der Waals surface area contributed by atoms with Crippen molar-refractivity contribution in [3.63, 3.8) is 0 Å². The number of hydrogen-bond acceptors (Lipinski definition) is 5. The molecule has 1 aromatic heterocycles. The van der Waals surface area contributed by atoms with Gasteiger partial charge in [-0.3, -0.25) is 14.5 Å². The predicted octanol–water partition coefficient (Wildman–Crippen LogP) is 5.65. The number of methoxy groups -OCH3 is 1. The van der Waals surface area contributed by atoms with Crippen LogP contribution in [0.3, 0.4) is 0 Å². The summed E-state index contributed by atoms with van der Waals surface area (Å²) < 4.78 is 11.1. The molecule has 0 bridgehead atoms. The molecule has 1 amide bonds. The molecule has 6 heteroatoms. The molecule has 33 heavy (non-hydrogen) atoms. The van der Waals surface area contributed by atoms with Crippen LogP contribution in [0.25, 0.3) is 5.76 Å². The monoisotopic (exact) mass is 445 g/mol. The molecule has 1 N–H and O–H groups in total. The van der Waals surface area contributed by atoms with Gasteiger partial charge in [0.15, 0.2) is 0 Å². The van der Waals surface area contributed by atoms with E-state index >= 15 is 0 Å². The molecule has 1 atom stereocenters. The van der Waals surface area contributed by atoms with Crippen molar-refractivity contribution in [3.8, 4) is 5.75 Å². The van der Waals surface area contributed by atoms with Crippen LogP contribution in [0.1, 0.15) is 53.8 Å². The number of benzene rings is 2. The lowest BCUT2D eigenvalue weighted by atomic mass is 9.95. The third-order valence-electron chi connectivity index (χ3n) is 6.22. The molecule has 4 rings (SSSR count). The molecule has 170 valence electrons. The molecule has 0 radical (unpaired) electrons. The van der Waals surface area contributed by atoms with Gasteiger partial charge in [0.2, 0.25) is 0 Å². The minimum Gasteiger partial charge on any atom is -0.507 e. The number of ketones is 1. The number of aliphatic hydroxyl groups excluding tert-OH is 1. The average Bonchev–Trinajstić information content (AvgIpc) is 3.42. The standard InChI is InChI=1S/C27H27NO5/c1-15(2)19-14-18(11-12-21(19)32-5)25(29)23-24(22-10-7-13-33-22)28(27(31)26(23)30)20-9-6-8-16(3)17(20)4/h6-15,24,29H,1-5H3/b25-23-. The number of aryl methyl sites for hydroxylation is 1. The number of aliphatic hydroxyl groups is 1. The maximum Gasteiger partial charge on any atom is 0.300 e. The van der Waals surface area contributed by atoms with Gasteiger partial charge in [-0.05, 0) is 72.9 Å². The number of hydrogen-bond donors (Lipinski definition) is 1. The van der Waals surface area contributed by atoms with E-state index < -0.39 is 17.7 Å². The molecule has 1 fully saturated rings. The Morgan fingerprint density at radius 2 is 1.85 bits per heavy atom. The summed E-state index contributed by atoms with van der Waals surface area (Å²) in [4.78, 5) is 28.0. The highest BCUT2D eigenvalue weighted by Gasteiger charge is 2.48. The number of rotatable bonds is 5. The van der Waals surface area contributed by atoms with E-state index in [-0.39, 0.29) is 17.3 Å². The molecular weight excluding hydrogens is 418 g/mol. The summed E-state index contributed by atoms with van der Waals surface area (Å²) >= 11 is 0. The first-order valence-electron chi connectivity index (χ1n) is 10.8. The van der Waals surface area contributed by atoms with E-state index in [1.165, 1.54) is 11.2 Å². The van der Waals surface area contributed by atoms with Gasteiger partial charge in [-0.25, -0.2) is 0 Å². The van der Waals surface area contributed by atoms with E-state index in [1.54, 1.807) is 43.5 Å². The number of furan rings is 1. The lowest BCUT2D eigenvalue weighted by Crippen LogP contribution is -2.30. The van der Waals surface area contributed by atoms with Gasteiger partial charge < -0.3 is 14.3 Å². The topological polar surface area (TPSA) is 80.0 Å². The molecule has 2 aromatic carbocycles. The first kappa shape index (κ1) is 22.4. The van der Waals surface area contributed by atoms with Crippen molar-refractivity contribution < 1.29 is 23.8 Å². The van der Waals surface area contributed by atoms with E-state index in [0.29, 0.717) is 22.8 Å². The molecule has 0 saturated carbocycles.